The van der Waals surface area contributed by atoms with Gasteiger partial charge < -0.3 is 9.64 Å². The first-order chi connectivity index (χ1) is 10.2. The number of ether oxygens (including phenoxy) is 1. The summed E-state index contributed by atoms with van der Waals surface area (Å²) in [5.74, 6) is 0.586. The van der Waals surface area contributed by atoms with Crippen molar-refractivity contribution in [3.05, 3.63) is 29.5 Å². The first-order valence-electron chi connectivity index (χ1n) is 7.31. The highest BCUT2D eigenvalue weighted by molar-refractivity contribution is 5.93. The number of fused-ring (bicyclic) bond motifs is 1. The van der Waals surface area contributed by atoms with Crippen molar-refractivity contribution in [3.63, 3.8) is 0 Å². The lowest BCUT2D eigenvalue weighted by atomic mass is 10.1. The summed E-state index contributed by atoms with van der Waals surface area (Å²) < 4.78 is 4.76. The van der Waals surface area contributed by atoms with Crippen molar-refractivity contribution in [2.45, 2.75) is 26.2 Å². The van der Waals surface area contributed by atoms with Gasteiger partial charge in [-0.1, -0.05) is 0 Å². The van der Waals surface area contributed by atoms with Crippen LogP contribution in [-0.4, -0.2) is 36.1 Å². The number of carbonyl (C=O) groups excluding carboxylic acids is 1. The second-order valence-electron chi connectivity index (χ2n) is 5.38. The fourth-order valence-corrected chi connectivity index (χ4v) is 2.78. The van der Waals surface area contributed by atoms with Gasteiger partial charge in [-0.15, -0.1) is 0 Å². The molecule has 0 atom stereocenters. The largest absolute Gasteiger partial charge is 0.465 e. The molecule has 0 radical (unpaired) electrons. The minimum Gasteiger partial charge on any atom is -0.465 e. The summed E-state index contributed by atoms with van der Waals surface area (Å²) in [7, 11) is 1.38. The summed E-state index contributed by atoms with van der Waals surface area (Å²) in [4.78, 5) is 23.3. The summed E-state index contributed by atoms with van der Waals surface area (Å²) in [5, 5.41) is 0. The molecule has 1 aromatic heterocycles. The Morgan fingerprint density at radius 3 is 2.62 bits per heavy atom. The lowest BCUT2D eigenvalue weighted by Gasteiger charge is -2.28. The number of carbonyl (C=O) groups is 1. The van der Waals surface area contributed by atoms with Gasteiger partial charge in [0.25, 0.3) is 0 Å². The molecule has 1 aromatic carbocycles. The van der Waals surface area contributed by atoms with Gasteiger partial charge in [0.2, 0.25) is 0 Å². The zero-order valence-electron chi connectivity index (χ0n) is 12.4. The maximum absolute atomic E-state index is 11.6. The molecule has 0 unspecified atom stereocenters. The van der Waals surface area contributed by atoms with Gasteiger partial charge in [-0.2, -0.15) is 0 Å². The third kappa shape index (κ3) is 2.68. The van der Waals surface area contributed by atoms with Gasteiger partial charge in [0.15, 0.2) is 5.82 Å². The van der Waals surface area contributed by atoms with E-state index < -0.39 is 0 Å². The van der Waals surface area contributed by atoms with Crippen LogP contribution in [0.5, 0.6) is 0 Å². The maximum Gasteiger partial charge on any atom is 0.337 e. The summed E-state index contributed by atoms with van der Waals surface area (Å²) in [6.07, 6.45) is 3.67. The molecule has 0 bridgehead atoms. The Bertz CT molecular complexity index is 679. The molecule has 110 valence electrons. The van der Waals surface area contributed by atoms with Crippen molar-refractivity contribution in [2.75, 3.05) is 25.1 Å². The maximum atomic E-state index is 11.6. The third-order valence-electron chi connectivity index (χ3n) is 3.89. The van der Waals surface area contributed by atoms with Gasteiger partial charge in [0.1, 0.15) is 0 Å². The molecule has 2 aromatic rings. The number of piperidine rings is 1. The van der Waals surface area contributed by atoms with Gasteiger partial charge >= 0.3 is 5.97 Å². The van der Waals surface area contributed by atoms with E-state index in [1.807, 2.05) is 13.0 Å². The Morgan fingerprint density at radius 2 is 1.90 bits per heavy atom. The molecule has 0 aliphatic carbocycles. The number of benzene rings is 1. The van der Waals surface area contributed by atoms with E-state index in [9.17, 15) is 4.79 Å². The van der Waals surface area contributed by atoms with Crippen molar-refractivity contribution in [2.24, 2.45) is 0 Å². The summed E-state index contributed by atoms with van der Waals surface area (Å²) in [6, 6.07) is 5.30. The van der Waals surface area contributed by atoms with Crippen LogP contribution in [0.3, 0.4) is 0 Å². The average Bonchev–Trinajstić information content (AvgIpc) is 2.54. The molecule has 1 saturated heterocycles. The standard InChI is InChI=1S/C16H19N3O2/c1-11-15(19-8-4-3-5-9-19)18-14-10-12(16(20)21-2)6-7-13(14)17-11/h6-7,10H,3-5,8-9H2,1-2H3. The number of methoxy groups -OCH3 is 1. The minimum atomic E-state index is -0.348. The van der Waals surface area contributed by atoms with E-state index in [0.29, 0.717) is 5.56 Å². The predicted octanol–water partition coefficient (Wildman–Crippen LogP) is 2.72. The van der Waals surface area contributed by atoms with Crippen molar-refractivity contribution in [3.8, 4) is 0 Å². The molecule has 0 spiro atoms. The van der Waals surface area contributed by atoms with Crippen LogP contribution in [-0.2, 0) is 4.74 Å². The SMILES string of the molecule is COC(=O)c1ccc2nc(C)c(N3CCCCC3)nc2c1. The number of hydrogen-bond donors (Lipinski definition) is 0. The van der Waals surface area contributed by atoms with E-state index in [-0.39, 0.29) is 5.97 Å². The number of nitrogens with zero attached hydrogens (tertiary/aromatic N) is 3. The molecule has 21 heavy (non-hydrogen) atoms. The molecular formula is C16H19N3O2. The van der Waals surface area contributed by atoms with E-state index in [4.69, 9.17) is 9.72 Å². The fraction of sp³-hybridized carbons (Fsp3) is 0.438. The van der Waals surface area contributed by atoms with Gasteiger partial charge in [0, 0.05) is 13.1 Å². The van der Waals surface area contributed by atoms with Gasteiger partial charge in [-0.25, -0.2) is 14.8 Å². The van der Waals surface area contributed by atoms with E-state index in [1.165, 1.54) is 26.4 Å². The number of anilines is 1. The van der Waals surface area contributed by atoms with Crippen molar-refractivity contribution < 1.29 is 9.53 Å². The molecule has 1 aliphatic rings. The molecule has 0 amide bonds. The van der Waals surface area contributed by atoms with Crippen LogP contribution >= 0.6 is 0 Å². The van der Waals surface area contributed by atoms with Crippen molar-refractivity contribution in [1.82, 2.24) is 9.97 Å². The highest BCUT2D eigenvalue weighted by Gasteiger charge is 2.16. The fourth-order valence-electron chi connectivity index (χ4n) is 2.78. The lowest BCUT2D eigenvalue weighted by Crippen LogP contribution is -2.31. The van der Waals surface area contributed by atoms with Crippen LogP contribution in [0.2, 0.25) is 0 Å². The number of aryl methyl sites for hydroxylation is 1. The summed E-state index contributed by atoms with van der Waals surface area (Å²) >= 11 is 0. The molecular weight excluding hydrogens is 266 g/mol. The molecule has 1 fully saturated rings. The van der Waals surface area contributed by atoms with E-state index >= 15 is 0 Å². The Kier molecular flexibility index (Phi) is 3.73. The predicted molar refractivity (Wildman–Crippen MR) is 81.7 cm³/mol. The second-order valence-corrected chi connectivity index (χ2v) is 5.38. The molecule has 5 nitrogen and oxygen atoms in total. The Labute approximate surface area is 124 Å². The van der Waals surface area contributed by atoms with Crippen molar-refractivity contribution >= 4 is 22.8 Å². The molecule has 5 heteroatoms. The summed E-state index contributed by atoms with van der Waals surface area (Å²) in [5.41, 5.74) is 2.99. The van der Waals surface area contributed by atoms with Crippen LogP contribution in [0.15, 0.2) is 18.2 Å². The van der Waals surface area contributed by atoms with E-state index in [1.54, 1.807) is 12.1 Å². The van der Waals surface area contributed by atoms with Crippen molar-refractivity contribution in [1.29, 1.82) is 0 Å². The third-order valence-corrected chi connectivity index (χ3v) is 3.89. The average molecular weight is 285 g/mol. The smallest absolute Gasteiger partial charge is 0.337 e. The highest BCUT2D eigenvalue weighted by Crippen LogP contribution is 2.23. The first kappa shape index (κ1) is 13.8. The van der Waals surface area contributed by atoms with Crippen LogP contribution in [0.25, 0.3) is 11.0 Å². The Morgan fingerprint density at radius 1 is 1.14 bits per heavy atom. The number of esters is 1. The molecule has 3 rings (SSSR count). The van der Waals surface area contributed by atoms with Crippen LogP contribution in [0, 0.1) is 6.92 Å². The monoisotopic (exact) mass is 285 g/mol. The number of rotatable bonds is 2. The molecule has 0 saturated carbocycles. The van der Waals surface area contributed by atoms with E-state index in [2.05, 4.69) is 9.88 Å². The Balaban J connectivity index is 2.04. The number of aromatic nitrogens is 2. The quantitative estimate of drug-likeness (QED) is 0.794. The first-order valence-corrected chi connectivity index (χ1v) is 7.31. The second kappa shape index (κ2) is 5.68. The lowest BCUT2D eigenvalue weighted by molar-refractivity contribution is 0.0601. The molecule has 1 aliphatic heterocycles. The minimum absolute atomic E-state index is 0.348. The summed E-state index contributed by atoms with van der Waals surface area (Å²) in [6.45, 7) is 4.04. The highest BCUT2D eigenvalue weighted by atomic mass is 16.5. The zero-order valence-corrected chi connectivity index (χ0v) is 12.4. The van der Waals surface area contributed by atoms with Crippen LogP contribution in [0.4, 0.5) is 5.82 Å². The topological polar surface area (TPSA) is 55.3 Å². The van der Waals surface area contributed by atoms with Crippen LogP contribution < -0.4 is 4.90 Å². The van der Waals surface area contributed by atoms with Crippen LogP contribution in [0.1, 0.15) is 35.3 Å². The van der Waals surface area contributed by atoms with Gasteiger partial charge in [-0.05, 0) is 44.4 Å². The number of hydrogen-bond acceptors (Lipinski definition) is 5. The zero-order chi connectivity index (χ0) is 14.8. The normalized spacial score (nSPS) is 15.2. The Hall–Kier alpha value is -2.17. The van der Waals surface area contributed by atoms with E-state index in [0.717, 1.165) is 35.6 Å². The van der Waals surface area contributed by atoms with Gasteiger partial charge in [0.05, 0.1) is 29.4 Å². The van der Waals surface area contributed by atoms with Gasteiger partial charge in [-0.3, -0.25) is 0 Å². The molecule has 0 N–H and O–H groups in total. The molecule has 2 heterocycles.